The quantitative estimate of drug-likeness (QED) is 0.446. The number of benzene rings is 1. The van der Waals surface area contributed by atoms with Crippen molar-refractivity contribution in [2.24, 2.45) is 0 Å². The van der Waals surface area contributed by atoms with Crippen molar-refractivity contribution >= 4 is 34.2 Å². The Balaban J connectivity index is 1.30. The summed E-state index contributed by atoms with van der Waals surface area (Å²) in [6.07, 6.45) is 4.69. The zero-order valence-corrected chi connectivity index (χ0v) is 20.4. The number of amides is 1. The van der Waals surface area contributed by atoms with Crippen LogP contribution in [0, 0.1) is 11.3 Å². The van der Waals surface area contributed by atoms with Gasteiger partial charge in [0, 0.05) is 55.3 Å². The molecule has 2 fully saturated rings. The lowest BCUT2D eigenvalue weighted by atomic mass is 10.1. The number of hydrogen-bond acceptors (Lipinski definition) is 8. The average molecular weight is 507 g/mol. The Hall–Kier alpha value is -3.45. The fraction of sp³-hybridized carbons (Fsp3) is 0.385. The van der Waals surface area contributed by atoms with Crippen molar-refractivity contribution in [3.63, 3.8) is 0 Å². The van der Waals surface area contributed by atoms with Crippen LogP contribution in [0.4, 0.5) is 5.82 Å². The number of aromatic hydroxyl groups is 1. The van der Waals surface area contributed by atoms with E-state index in [0.29, 0.717) is 33.1 Å². The summed E-state index contributed by atoms with van der Waals surface area (Å²) >= 11 is 6.18. The van der Waals surface area contributed by atoms with Crippen molar-refractivity contribution in [3.8, 4) is 11.8 Å². The van der Waals surface area contributed by atoms with Crippen LogP contribution in [0.3, 0.4) is 0 Å². The van der Waals surface area contributed by atoms with Crippen LogP contribution >= 0.6 is 11.6 Å². The first-order chi connectivity index (χ1) is 17.5. The summed E-state index contributed by atoms with van der Waals surface area (Å²) in [6, 6.07) is 11.4. The molecule has 3 heterocycles. The number of aromatic nitrogens is 2. The molecule has 3 aromatic rings. The highest BCUT2D eigenvalue weighted by atomic mass is 35.5. The molecule has 1 aliphatic heterocycles. The number of fused-ring (bicyclic) bond motifs is 1. The molecular weight excluding hydrogens is 480 g/mol. The van der Waals surface area contributed by atoms with Gasteiger partial charge in [-0.1, -0.05) is 17.7 Å². The molecule has 5 rings (SSSR count). The summed E-state index contributed by atoms with van der Waals surface area (Å²) in [4.78, 5) is 26.3. The zero-order chi connectivity index (χ0) is 25.2. The molecule has 36 heavy (non-hydrogen) atoms. The molecule has 1 aliphatic carbocycles. The SMILES string of the molecule is N#Cc1ccc(CNC(=O)c2ncc3nc(N4CCN(C5CC5)[C@H](CCO)C4)ccc3c2O)c(Cl)c1. The average Bonchev–Trinajstić information content (AvgIpc) is 3.73. The molecule has 1 saturated heterocycles. The molecule has 0 spiro atoms. The van der Waals surface area contributed by atoms with E-state index in [4.69, 9.17) is 21.8 Å². The van der Waals surface area contributed by atoms with Crippen molar-refractivity contribution in [1.29, 1.82) is 5.26 Å². The normalized spacial score (nSPS) is 18.2. The van der Waals surface area contributed by atoms with Crippen molar-refractivity contribution in [2.45, 2.75) is 37.9 Å². The fourth-order valence-electron chi connectivity index (χ4n) is 4.81. The van der Waals surface area contributed by atoms with E-state index in [2.05, 4.69) is 20.1 Å². The Morgan fingerprint density at radius 3 is 2.81 bits per heavy atom. The molecule has 1 saturated carbocycles. The van der Waals surface area contributed by atoms with Crippen LogP contribution in [0.2, 0.25) is 5.02 Å². The van der Waals surface area contributed by atoms with Crippen LogP contribution in [-0.4, -0.2) is 69.3 Å². The van der Waals surface area contributed by atoms with Gasteiger partial charge in [0.25, 0.3) is 5.91 Å². The number of aliphatic hydroxyl groups is 1. The number of carbonyl (C=O) groups excluding carboxylic acids is 1. The van der Waals surface area contributed by atoms with E-state index in [1.165, 1.54) is 25.1 Å². The highest BCUT2D eigenvalue weighted by Crippen LogP contribution is 2.33. The van der Waals surface area contributed by atoms with Crippen molar-refractivity contribution < 1.29 is 15.0 Å². The Kier molecular flexibility index (Phi) is 6.92. The number of nitrogens with one attached hydrogen (secondary N) is 1. The smallest absolute Gasteiger partial charge is 0.274 e. The van der Waals surface area contributed by atoms with Gasteiger partial charge < -0.3 is 20.4 Å². The predicted octanol–water partition coefficient (Wildman–Crippen LogP) is 2.83. The zero-order valence-electron chi connectivity index (χ0n) is 19.7. The molecule has 0 radical (unpaired) electrons. The van der Waals surface area contributed by atoms with E-state index in [0.717, 1.165) is 31.9 Å². The van der Waals surface area contributed by atoms with E-state index < -0.39 is 5.91 Å². The lowest BCUT2D eigenvalue weighted by Crippen LogP contribution is -2.54. The second-order valence-electron chi connectivity index (χ2n) is 9.24. The Morgan fingerprint density at radius 2 is 2.08 bits per heavy atom. The molecule has 0 bridgehead atoms. The first-order valence-electron chi connectivity index (χ1n) is 12.1. The van der Waals surface area contributed by atoms with Gasteiger partial charge in [-0.15, -0.1) is 0 Å². The van der Waals surface area contributed by atoms with Crippen LogP contribution in [0.25, 0.3) is 10.9 Å². The van der Waals surface area contributed by atoms with Gasteiger partial charge in [0.2, 0.25) is 0 Å². The third kappa shape index (κ3) is 4.93. The number of nitriles is 1. The van der Waals surface area contributed by atoms with Gasteiger partial charge in [-0.2, -0.15) is 5.26 Å². The number of halogens is 1. The standard InChI is InChI=1S/C26H27ClN6O3/c27-21-11-16(12-28)1-2-17(21)13-30-26(36)24-25(35)20-5-6-23(31-22(20)14-29-24)32-8-9-33(18-3-4-18)19(15-32)7-10-34/h1-2,5-6,11,14,18-19,34-35H,3-4,7-10,13,15H2,(H,30,36)/t19-/m1/s1. The molecule has 10 heteroatoms. The molecule has 9 nitrogen and oxygen atoms in total. The summed E-state index contributed by atoms with van der Waals surface area (Å²) in [6.45, 7) is 2.84. The molecule has 1 aromatic carbocycles. The van der Waals surface area contributed by atoms with Crippen molar-refractivity contribution in [3.05, 3.63) is 58.4 Å². The molecular formula is C26H27ClN6O3. The van der Waals surface area contributed by atoms with Crippen LogP contribution in [0.1, 0.15) is 40.9 Å². The van der Waals surface area contributed by atoms with Gasteiger partial charge in [-0.05, 0) is 49.1 Å². The maximum absolute atomic E-state index is 12.7. The molecule has 2 aromatic heterocycles. The third-order valence-electron chi connectivity index (χ3n) is 6.87. The first kappa shape index (κ1) is 24.3. The second-order valence-corrected chi connectivity index (χ2v) is 9.65. The summed E-state index contributed by atoms with van der Waals surface area (Å²) in [5, 5.41) is 32.8. The summed E-state index contributed by atoms with van der Waals surface area (Å²) in [7, 11) is 0. The fourth-order valence-corrected chi connectivity index (χ4v) is 5.06. The van der Waals surface area contributed by atoms with E-state index in [1.54, 1.807) is 18.2 Å². The van der Waals surface area contributed by atoms with Crippen molar-refractivity contribution in [2.75, 3.05) is 31.1 Å². The van der Waals surface area contributed by atoms with Gasteiger partial charge in [0.15, 0.2) is 11.4 Å². The number of anilines is 1. The Labute approximate surface area is 213 Å². The lowest BCUT2D eigenvalue weighted by molar-refractivity contribution is 0.0943. The number of nitrogens with zero attached hydrogens (tertiary/aromatic N) is 5. The first-order valence-corrected chi connectivity index (χ1v) is 12.4. The highest BCUT2D eigenvalue weighted by Gasteiger charge is 2.37. The van der Waals surface area contributed by atoms with E-state index in [9.17, 15) is 15.0 Å². The van der Waals surface area contributed by atoms with Gasteiger partial charge in [0.1, 0.15) is 5.82 Å². The van der Waals surface area contributed by atoms with Gasteiger partial charge >= 0.3 is 0 Å². The van der Waals surface area contributed by atoms with Crippen LogP contribution in [-0.2, 0) is 6.54 Å². The Morgan fingerprint density at radius 1 is 1.25 bits per heavy atom. The number of piperazine rings is 1. The molecule has 1 amide bonds. The van der Waals surface area contributed by atoms with Crippen LogP contribution < -0.4 is 10.2 Å². The molecule has 0 unspecified atom stereocenters. The van der Waals surface area contributed by atoms with Gasteiger partial charge in [-0.3, -0.25) is 9.69 Å². The highest BCUT2D eigenvalue weighted by molar-refractivity contribution is 6.31. The molecule has 2 aliphatic rings. The van der Waals surface area contributed by atoms with E-state index in [-0.39, 0.29) is 30.6 Å². The van der Waals surface area contributed by atoms with Crippen molar-refractivity contribution in [1.82, 2.24) is 20.2 Å². The molecule has 3 N–H and O–H groups in total. The van der Waals surface area contributed by atoms with E-state index >= 15 is 0 Å². The van der Waals surface area contributed by atoms with Crippen LogP contribution in [0.15, 0.2) is 36.5 Å². The minimum atomic E-state index is -0.540. The number of hydrogen-bond donors (Lipinski definition) is 3. The predicted molar refractivity (Wildman–Crippen MR) is 136 cm³/mol. The van der Waals surface area contributed by atoms with Crippen LogP contribution in [0.5, 0.6) is 5.75 Å². The monoisotopic (exact) mass is 506 g/mol. The minimum absolute atomic E-state index is 0.0946. The molecule has 186 valence electrons. The maximum Gasteiger partial charge on any atom is 0.274 e. The summed E-state index contributed by atoms with van der Waals surface area (Å²) in [5.74, 6) is 0.0170. The summed E-state index contributed by atoms with van der Waals surface area (Å²) < 4.78 is 0. The topological polar surface area (TPSA) is 126 Å². The Bertz CT molecular complexity index is 1340. The second kappa shape index (κ2) is 10.3. The molecule has 1 atom stereocenters. The van der Waals surface area contributed by atoms with E-state index in [1.807, 2.05) is 12.1 Å². The van der Waals surface area contributed by atoms with Gasteiger partial charge in [0.05, 0.1) is 23.3 Å². The largest absolute Gasteiger partial charge is 0.505 e. The summed E-state index contributed by atoms with van der Waals surface area (Å²) in [5.41, 5.74) is 1.49. The number of pyridine rings is 2. The maximum atomic E-state index is 12.7. The lowest BCUT2D eigenvalue weighted by Gasteiger charge is -2.42. The third-order valence-corrected chi connectivity index (χ3v) is 7.22. The number of rotatable bonds is 7. The number of aliphatic hydroxyl groups excluding tert-OH is 1. The minimum Gasteiger partial charge on any atom is -0.505 e. The number of carbonyl (C=O) groups is 1. The van der Waals surface area contributed by atoms with Gasteiger partial charge in [-0.25, -0.2) is 9.97 Å².